The number of nitrogens with one attached hydrogen (secondary N) is 1. The Kier molecular flexibility index (Phi) is 4.24. The van der Waals surface area contributed by atoms with Crippen LogP contribution in [0.5, 0.6) is 0 Å². The Morgan fingerprint density at radius 3 is 2.44 bits per heavy atom. The molecule has 0 bridgehead atoms. The average molecular weight is 284 g/mol. The lowest BCUT2D eigenvalue weighted by Crippen LogP contribution is -2.12. The number of benzene rings is 1. The Morgan fingerprint density at radius 2 is 2.00 bits per heavy atom. The second-order valence-corrected chi connectivity index (χ2v) is 5.06. The van der Waals surface area contributed by atoms with Crippen LogP contribution in [0.1, 0.15) is 29.8 Å². The zero-order valence-electron chi connectivity index (χ0n) is 9.50. The minimum absolute atomic E-state index is 0.0480. The molecule has 0 aliphatic heterocycles. The van der Waals surface area contributed by atoms with Crippen LogP contribution in [0.2, 0.25) is 0 Å². The van der Waals surface area contributed by atoms with Crippen molar-refractivity contribution in [2.45, 2.75) is 25.6 Å². The summed E-state index contributed by atoms with van der Waals surface area (Å²) in [5.41, 5.74) is 2.25. The van der Waals surface area contributed by atoms with Gasteiger partial charge >= 0.3 is 0 Å². The third-order valence-electron chi connectivity index (χ3n) is 2.17. The van der Waals surface area contributed by atoms with Crippen LogP contribution in [0.3, 0.4) is 0 Å². The highest BCUT2D eigenvalue weighted by atomic mass is 79.9. The Bertz CT molecular complexity index is 427. The van der Waals surface area contributed by atoms with Crippen LogP contribution in [-0.4, -0.2) is 16.5 Å². The molecule has 1 amide bonds. The summed E-state index contributed by atoms with van der Waals surface area (Å²) in [7, 11) is 0. The molecular weight excluding hydrogens is 270 g/mol. The van der Waals surface area contributed by atoms with E-state index in [-0.39, 0.29) is 16.5 Å². The molecule has 1 N–H and O–H groups in total. The minimum atomic E-state index is -0.196. The van der Waals surface area contributed by atoms with Crippen LogP contribution in [-0.2, 0) is 4.79 Å². The molecule has 0 spiro atoms. The molecule has 1 rings (SSSR count). The molecule has 0 fully saturated rings. The Labute approximate surface area is 103 Å². The van der Waals surface area contributed by atoms with E-state index in [0.717, 1.165) is 5.56 Å². The largest absolute Gasteiger partial charge is 0.326 e. The summed E-state index contributed by atoms with van der Waals surface area (Å²) in [4.78, 5) is 22.4. The molecule has 0 heterocycles. The van der Waals surface area contributed by atoms with Gasteiger partial charge in [0.25, 0.3) is 0 Å². The summed E-state index contributed by atoms with van der Waals surface area (Å²) in [6.07, 6.45) is 0. The van der Waals surface area contributed by atoms with Crippen LogP contribution in [0.15, 0.2) is 18.2 Å². The number of alkyl halides is 1. The number of rotatable bonds is 3. The Morgan fingerprint density at radius 1 is 1.38 bits per heavy atom. The Hall–Kier alpha value is -1.16. The fourth-order valence-electron chi connectivity index (χ4n) is 1.44. The molecule has 4 heteroatoms. The molecule has 0 aliphatic rings. The summed E-state index contributed by atoms with van der Waals surface area (Å²) in [6, 6.07) is 5.27. The van der Waals surface area contributed by atoms with E-state index in [2.05, 4.69) is 21.2 Å². The molecule has 1 aromatic rings. The van der Waals surface area contributed by atoms with Gasteiger partial charge in [0.2, 0.25) is 5.91 Å². The summed E-state index contributed by atoms with van der Waals surface area (Å²) in [5, 5.41) is 2.68. The number of amides is 1. The van der Waals surface area contributed by atoms with Gasteiger partial charge in [-0.15, -0.1) is 0 Å². The van der Waals surface area contributed by atoms with Crippen molar-refractivity contribution >= 4 is 33.3 Å². The molecule has 0 aromatic heterocycles. The van der Waals surface area contributed by atoms with Gasteiger partial charge in [-0.2, -0.15) is 0 Å². The lowest BCUT2D eigenvalue weighted by atomic mass is 10.0. The standard InChI is InChI=1S/C12H14BrNO2/c1-7-6-10(14-9(3)15)4-5-11(7)12(16)8(2)13/h4-6,8H,1-3H3,(H,14,15). The van der Waals surface area contributed by atoms with Crippen molar-refractivity contribution in [3.05, 3.63) is 29.3 Å². The highest BCUT2D eigenvalue weighted by Crippen LogP contribution is 2.18. The van der Waals surface area contributed by atoms with Gasteiger partial charge in [-0.1, -0.05) is 15.9 Å². The molecule has 1 atom stereocenters. The van der Waals surface area contributed by atoms with E-state index in [1.54, 1.807) is 25.1 Å². The minimum Gasteiger partial charge on any atom is -0.326 e. The van der Waals surface area contributed by atoms with Gasteiger partial charge in [0, 0.05) is 18.2 Å². The monoisotopic (exact) mass is 283 g/mol. The highest BCUT2D eigenvalue weighted by molar-refractivity contribution is 9.10. The van der Waals surface area contributed by atoms with Crippen molar-refractivity contribution in [3.8, 4) is 0 Å². The molecule has 3 nitrogen and oxygen atoms in total. The lowest BCUT2D eigenvalue weighted by molar-refractivity contribution is -0.114. The van der Waals surface area contributed by atoms with Crippen molar-refractivity contribution in [2.24, 2.45) is 0 Å². The quantitative estimate of drug-likeness (QED) is 0.685. The fourth-order valence-corrected chi connectivity index (χ4v) is 1.68. The van der Waals surface area contributed by atoms with Crippen molar-refractivity contribution in [1.82, 2.24) is 0 Å². The third-order valence-corrected chi connectivity index (χ3v) is 2.59. The van der Waals surface area contributed by atoms with Crippen LogP contribution in [0.25, 0.3) is 0 Å². The zero-order chi connectivity index (χ0) is 12.3. The number of ketones is 1. The topological polar surface area (TPSA) is 46.2 Å². The predicted octanol–water partition coefficient (Wildman–Crippen LogP) is 2.92. The predicted molar refractivity (Wildman–Crippen MR) is 68.2 cm³/mol. The maximum Gasteiger partial charge on any atom is 0.221 e. The number of carbonyl (C=O) groups excluding carboxylic acids is 2. The van der Waals surface area contributed by atoms with Crippen LogP contribution in [0, 0.1) is 6.92 Å². The summed E-state index contributed by atoms with van der Waals surface area (Å²) in [6.45, 7) is 5.10. The molecule has 86 valence electrons. The van der Waals surface area contributed by atoms with E-state index in [1.807, 2.05) is 6.92 Å². The first-order chi connectivity index (χ1) is 7.41. The maximum atomic E-state index is 11.8. The van der Waals surface area contributed by atoms with Crippen LogP contribution >= 0.6 is 15.9 Å². The van der Waals surface area contributed by atoms with Crippen molar-refractivity contribution < 1.29 is 9.59 Å². The van der Waals surface area contributed by atoms with E-state index in [0.29, 0.717) is 11.3 Å². The van der Waals surface area contributed by atoms with E-state index in [1.165, 1.54) is 6.92 Å². The second kappa shape index (κ2) is 5.25. The first kappa shape index (κ1) is 12.9. The first-order valence-corrected chi connectivity index (χ1v) is 5.90. The maximum absolute atomic E-state index is 11.8. The van der Waals surface area contributed by atoms with Gasteiger partial charge in [0.1, 0.15) is 0 Å². The van der Waals surface area contributed by atoms with E-state index < -0.39 is 0 Å². The van der Waals surface area contributed by atoms with Gasteiger partial charge in [-0.3, -0.25) is 9.59 Å². The number of anilines is 1. The summed E-state index contributed by atoms with van der Waals surface area (Å²) >= 11 is 3.25. The van der Waals surface area contributed by atoms with Gasteiger partial charge < -0.3 is 5.32 Å². The summed E-state index contributed by atoms with van der Waals surface area (Å²) < 4.78 is 0. The number of aryl methyl sites for hydroxylation is 1. The third kappa shape index (κ3) is 3.17. The second-order valence-electron chi connectivity index (χ2n) is 3.69. The van der Waals surface area contributed by atoms with Gasteiger partial charge in [-0.05, 0) is 37.6 Å². The van der Waals surface area contributed by atoms with Crippen molar-refractivity contribution in [1.29, 1.82) is 0 Å². The van der Waals surface area contributed by atoms with E-state index in [4.69, 9.17) is 0 Å². The van der Waals surface area contributed by atoms with Gasteiger partial charge in [0.15, 0.2) is 5.78 Å². The number of halogens is 1. The molecule has 0 aliphatic carbocycles. The fraction of sp³-hybridized carbons (Fsp3) is 0.333. The van der Waals surface area contributed by atoms with Crippen LogP contribution in [0.4, 0.5) is 5.69 Å². The molecular formula is C12H14BrNO2. The summed E-state index contributed by atoms with van der Waals surface area (Å²) in [5.74, 6) is -0.0702. The van der Waals surface area contributed by atoms with E-state index in [9.17, 15) is 9.59 Å². The number of carbonyl (C=O) groups is 2. The first-order valence-electron chi connectivity index (χ1n) is 4.98. The van der Waals surface area contributed by atoms with Crippen molar-refractivity contribution in [3.63, 3.8) is 0 Å². The number of hydrogen-bond acceptors (Lipinski definition) is 2. The zero-order valence-corrected chi connectivity index (χ0v) is 11.1. The number of hydrogen-bond donors (Lipinski definition) is 1. The van der Waals surface area contributed by atoms with Gasteiger partial charge in [0.05, 0.1) is 4.83 Å². The van der Waals surface area contributed by atoms with Gasteiger partial charge in [-0.25, -0.2) is 0 Å². The normalized spacial score (nSPS) is 12.0. The molecule has 0 saturated carbocycles. The van der Waals surface area contributed by atoms with E-state index >= 15 is 0 Å². The molecule has 0 radical (unpaired) electrons. The average Bonchev–Trinajstić information content (AvgIpc) is 2.15. The SMILES string of the molecule is CC(=O)Nc1ccc(C(=O)C(C)Br)c(C)c1. The Balaban J connectivity index is 3.00. The lowest BCUT2D eigenvalue weighted by Gasteiger charge is -2.09. The number of Topliss-reactive ketones (excluding diaryl/α,β-unsaturated/α-hetero) is 1. The highest BCUT2D eigenvalue weighted by Gasteiger charge is 2.14. The van der Waals surface area contributed by atoms with Crippen LogP contribution < -0.4 is 5.32 Å². The van der Waals surface area contributed by atoms with Crippen molar-refractivity contribution in [2.75, 3.05) is 5.32 Å². The smallest absolute Gasteiger partial charge is 0.221 e. The molecule has 0 saturated heterocycles. The molecule has 1 unspecified atom stereocenters. The molecule has 1 aromatic carbocycles. The molecule has 16 heavy (non-hydrogen) atoms.